The predicted octanol–water partition coefficient (Wildman–Crippen LogP) is 4.42. The second kappa shape index (κ2) is 9.06. The van der Waals surface area contributed by atoms with Crippen molar-refractivity contribution in [2.24, 2.45) is 21.5 Å². The van der Waals surface area contributed by atoms with E-state index >= 15 is 0 Å². The Morgan fingerprint density at radius 3 is 2.59 bits per heavy atom. The highest BCUT2D eigenvalue weighted by Crippen LogP contribution is 2.48. The van der Waals surface area contributed by atoms with Gasteiger partial charge in [-0.15, -0.1) is 11.6 Å². The monoisotopic (exact) mass is 468 g/mol. The number of nitrogens with one attached hydrogen (secondary N) is 1. The van der Waals surface area contributed by atoms with Gasteiger partial charge in [-0.2, -0.15) is 0 Å². The van der Waals surface area contributed by atoms with Crippen LogP contribution in [0, 0.1) is 5.41 Å². The van der Waals surface area contributed by atoms with Gasteiger partial charge in [-0.1, -0.05) is 29.8 Å². The lowest BCUT2D eigenvalue weighted by Crippen LogP contribution is -2.52. The summed E-state index contributed by atoms with van der Waals surface area (Å²) in [5.74, 6) is 0.822. The van der Waals surface area contributed by atoms with Gasteiger partial charge < -0.3 is 16.4 Å². The van der Waals surface area contributed by atoms with Crippen LogP contribution in [0.1, 0.15) is 36.5 Å². The van der Waals surface area contributed by atoms with Crippen LogP contribution in [-0.2, 0) is 0 Å². The Hall–Kier alpha value is -2.67. The van der Waals surface area contributed by atoms with Crippen molar-refractivity contribution in [3.8, 4) is 0 Å². The molecule has 166 valence electrons. The van der Waals surface area contributed by atoms with Crippen LogP contribution >= 0.6 is 23.2 Å². The Bertz CT molecular complexity index is 1120. The summed E-state index contributed by atoms with van der Waals surface area (Å²) < 4.78 is 0. The Morgan fingerprint density at radius 1 is 1.28 bits per heavy atom. The highest BCUT2D eigenvalue weighted by molar-refractivity contribution is 6.30. The molecule has 1 spiro atoms. The minimum atomic E-state index is -0.413. The highest BCUT2D eigenvalue weighted by Gasteiger charge is 2.53. The van der Waals surface area contributed by atoms with Gasteiger partial charge in [-0.3, -0.25) is 15.4 Å². The largest absolute Gasteiger partial charge is 0.404 e. The van der Waals surface area contributed by atoms with Crippen LogP contribution in [0.5, 0.6) is 0 Å². The molecule has 1 atom stereocenters. The molecule has 5 N–H and O–H groups in total. The smallest absolute Gasteiger partial charge is 0.109 e. The first-order valence-electron chi connectivity index (χ1n) is 10.5. The summed E-state index contributed by atoms with van der Waals surface area (Å²) in [7, 11) is 0. The van der Waals surface area contributed by atoms with E-state index in [4.69, 9.17) is 45.1 Å². The normalized spacial score (nSPS) is 19.6. The minimum absolute atomic E-state index is 0.378. The van der Waals surface area contributed by atoms with Crippen molar-refractivity contribution in [1.29, 1.82) is 5.41 Å². The lowest BCUT2D eigenvalue weighted by atomic mass is 9.95. The van der Waals surface area contributed by atoms with Gasteiger partial charge in [0.1, 0.15) is 6.17 Å². The molecule has 1 unspecified atom stereocenters. The van der Waals surface area contributed by atoms with E-state index in [1.807, 2.05) is 47.4 Å². The van der Waals surface area contributed by atoms with Gasteiger partial charge in [0.25, 0.3) is 0 Å². The Labute approximate surface area is 198 Å². The maximum absolute atomic E-state index is 8.45. The number of nitrogens with zero attached hydrogens (tertiary/aromatic N) is 3. The summed E-state index contributed by atoms with van der Waals surface area (Å²) in [6.07, 6.45) is 4.62. The summed E-state index contributed by atoms with van der Waals surface area (Å²) in [6.45, 7) is 2.27. The molecule has 0 amide bonds. The maximum atomic E-state index is 8.45. The van der Waals surface area contributed by atoms with E-state index < -0.39 is 11.7 Å². The fraction of sp³-hybridized carbons (Fsp3) is 0.292. The van der Waals surface area contributed by atoms with Crippen molar-refractivity contribution in [3.05, 3.63) is 70.4 Å². The second-order valence-corrected chi connectivity index (χ2v) is 8.86. The third kappa shape index (κ3) is 4.18. The molecule has 1 saturated carbocycles. The van der Waals surface area contributed by atoms with Gasteiger partial charge in [-0.05, 0) is 49.6 Å². The molecule has 1 aliphatic carbocycles. The summed E-state index contributed by atoms with van der Waals surface area (Å²) >= 11 is 11.9. The van der Waals surface area contributed by atoms with Crippen LogP contribution < -0.4 is 16.4 Å². The summed E-state index contributed by atoms with van der Waals surface area (Å²) in [6, 6.07) is 13.6. The summed E-state index contributed by atoms with van der Waals surface area (Å²) in [5, 5.41) is 9.11. The van der Waals surface area contributed by atoms with E-state index in [0.717, 1.165) is 46.5 Å². The molecule has 8 heteroatoms. The Balaban J connectivity index is 1.92. The fourth-order valence-corrected chi connectivity index (χ4v) is 4.26. The molecule has 1 aliphatic heterocycles. The number of nitrogens with two attached hydrogens (primary N) is 2. The second-order valence-electron chi connectivity index (χ2n) is 8.05. The lowest BCUT2D eigenvalue weighted by Gasteiger charge is -2.33. The van der Waals surface area contributed by atoms with Gasteiger partial charge in [0, 0.05) is 40.0 Å². The predicted molar refractivity (Wildman–Crippen MR) is 136 cm³/mol. The molecule has 32 heavy (non-hydrogen) atoms. The van der Waals surface area contributed by atoms with Crippen molar-refractivity contribution in [3.63, 3.8) is 0 Å². The number of anilines is 1. The molecule has 2 aromatic rings. The van der Waals surface area contributed by atoms with Gasteiger partial charge in [-0.25, -0.2) is 0 Å². The van der Waals surface area contributed by atoms with E-state index in [2.05, 4.69) is 4.99 Å². The van der Waals surface area contributed by atoms with Crippen LogP contribution in [-0.4, -0.2) is 41.9 Å². The minimum Gasteiger partial charge on any atom is -0.404 e. The topological polar surface area (TPSA) is 104 Å². The SMILES string of the molecule is CC(=N)N1c2ccc(C(C=NCCCl)=CN)cc2C(c2ccc(Cl)cc2)=NC2(CC2)C1N. The summed E-state index contributed by atoms with van der Waals surface area (Å²) in [4.78, 5) is 11.4. The molecule has 0 radical (unpaired) electrons. The third-order valence-electron chi connectivity index (χ3n) is 5.87. The Kier molecular flexibility index (Phi) is 6.38. The van der Waals surface area contributed by atoms with E-state index in [1.54, 1.807) is 13.1 Å². The van der Waals surface area contributed by atoms with Crippen LogP contribution in [0.15, 0.2) is 58.6 Å². The molecular formula is C24H26Cl2N6. The van der Waals surface area contributed by atoms with Gasteiger partial charge in [0.05, 0.1) is 29.3 Å². The number of amidine groups is 1. The van der Waals surface area contributed by atoms with Gasteiger partial charge in [0.15, 0.2) is 0 Å². The van der Waals surface area contributed by atoms with E-state index in [9.17, 15) is 0 Å². The highest BCUT2D eigenvalue weighted by atomic mass is 35.5. The van der Waals surface area contributed by atoms with Crippen LogP contribution in [0.2, 0.25) is 5.02 Å². The number of aliphatic imine (C=N–C) groups is 2. The number of fused-ring (bicyclic) bond motifs is 1. The molecule has 2 aliphatic rings. The van der Waals surface area contributed by atoms with E-state index in [1.165, 1.54) is 6.20 Å². The van der Waals surface area contributed by atoms with Gasteiger partial charge >= 0.3 is 0 Å². The number of rotatable bonds is 5. The molecule has 1 fully saturated rings. The molecule has 0 saturated heterocycles. The first-order chi connectivity index (χ1) is 15.4. The van der Waals surface area contributed by atoms with E-state index in [-0.39, 0.29) is 0 Å². The molecular weight excluding hydrogens is 443 g/mol. The molecule has 4 rings (SSSR count). The maximum Gasteiger partial charge on any atom is 0.109 e. The standard InChI is InChI=1S/C24H26Cl2N6/c1-15(28)32-21-7-4-17(18(13-27)14-30-11-10-25)12-20(21)22(16-2-5-19(26)6-3-16)31-24(8-9-24)23(32)29/h2-7,12-14,23,28H,8-11,27,29H2,1H3. The number of hydrogen-bond acceptors (Lipinski definition) is 5. The lowest BCUT2D eigenvalue weighted by molar-refractivity contribution is 0.531. The number of halogens is 2. The van der Waals surface area contributed by atoms with E-state index in [0.29, 0.717) is 23.3 Å². The zero-order valence-electron chi connectivity index (χ0n) is 17.9. The average Bonchev–Trinajstić information content (AvgIpc) is 3.58. The summed E-state index contributed by atoms with van der Waals surface area (Å²) in [5.41, 5.74) is 17.4. The van der Waals surface area contributed by atoms with Crippen LogP contribution in [0.25, 0.3) is 5.57 Å². The molecule has 2 aromatic carbocycles. The molecule has 0 bridgehead atoms. The zero-order chi connectivity index (χ0) is 22.9. The zero-order valence-corrected chi connectivity index (χ0v) is 19.4. The first kappa shape index (κ1) is 22.5. The number of alkyl halides is 1. The molecule has 0 aromatic heterocycles. The van der Waals surface area contributed by atoms with Crippen molar-refractivity contribution >= 4 is 52.2 Å². The average molecular weight is 469 g/mol. The number of benzene rings is 2. The van der Waals surface area contributed by atoms with Crippen molar-refractivity contribution < 1.29 is 0 Å². The molecule has 6 nitrogen and oxygen atoms in total. The number of allylic oxidation sites excluding steroid dienone is 1. The van der Waals surface area contributed by atoms with Gasteiger partial charge in [0.2, 0.25) is 0 Å². The Morgan fingerprint density at radius 2 is 2.00 bits per heavy atom. The number of hydrogen-bond donors (Lipinski definition) is 3. The van der Waals surface area contributed by atoms with Crippen molar-refractivity contribution in [1.82, 2.24) is 0 Å². The third-order valence-corrected chi connectivity index (χ3v) is 6.29. The first-order valence-corrected chi connectivity index (χ1v) is 11.4. The van der Waals surface area contributed by atoms with Crippen molar-refractivity contribution in [2.75, 3.05) is 17.3 Å². The van der Waals surface area contributed by atoms with Crippen LogP contribution in [0.4, 0.5) is 5.69 Å². The van der Waals surface area contributed by atoms with Crippen LogP contribution in [0.3, 0.4) is 0 Å². The van der Waals surface area contributed by atoms with Crippen molar-refractivity contribution in [2.45, 2.75) is 31.5 Å². The molecule has 1 heterocycles. The quantitative estimate of drug-likeness (QED) is 0.343. The fourth-order valence-electron chi connectivity index (χ4n) is 4.03.